The SMILES string of the molecule is CC1=C[C@H]2[C@H]([C@H]3C(C)=C[C@]2(C)C(=O)[C@@]3(C)O)[C@](C)(O)C1=O. The third-order valence-corrected chi connectivity index (χ3v) is 5.91. The summed E-state index contributed by atoms with van der Waals surface area (Å²) in [5, 5.41) is 21.6. The lowest BCUT2D eigenvalue weighted by molar-refractivity contribution is -0.187. The summed E-state index contributed by atoms with van der Waals surface area (Å²) in [6, 6.07) is 0. The molecule has 0 aliphatic heterocycles. The van der Waals surface area contributed by atoms with Gasteiger partial charge < -0.3 is 10.2 Å². The zero-order valence-corrected chi connectivity index (χ0v) is 13.1. The summed E-state index contributed by atoms with van der Waals surface area (Å²) in [5.41, 5.74) is -2.61. The van der Waals surface area contributed by atoms with Crippen molar-refractivity contribution in [2.75, 3.05) is 0 Å². The lowest BCUT2D eigenvalue weighted by Gasteiger charge is -2.61. The Balaban J connectivity index is 2.32. The molecule has 4 aliphatic rings. The van der Waals surface area contributed by atoms with Gasteiger partial charge in [-0.1, -0.05) is 17.7 Å². The molecule has 0 radical (unpaired) electrons. The molecule has 4 aliphatic carbocycles. The average molecular weight is 290 g/mol. The molecule has 4 nitrogen and oxygen atoms in total. The largest absolute Gasteiger partial charge is 0.382 e. The first-order valence-corrected chi connectivity index (χ1v) is 7.38. The van der Waals surface area contributed by atoms with Crippen molar-refractivity contribution in [3.63, 3.8) is 0 Å². The van der Waals surface area contributed by atoms with E-state index in [-0.39, 0.29) is 17.5 Å². The quantitative estimate of drug-likeness (QED) is 0.662. The van der Waals surface area contributed by atoms with Gasteiger partial charge in [0.1, 0.15) is 11.2 Å². The van der Waals surface area contributed by atoms with Gasteiger partial charge in [-0.2, -0.15) is 0 Å². The van der Waals surface area contributed by atoms with Gasteiger partial charge in [0.2, 0.25) is 0 Å². The number of hydrogen-bond acceptors (Lipinski definition) is 4. The highest BCUT2D eigenvalue weighted by atomic mass is 16.3. The molecule has 0 unspecified atom stereocenters. The number of carbonyl (C=O) groups is 2. The van der Waals surface area contributed by atoms with Crippen LogP contribution in [-0.4, -0.2) is 33.0 Å². The minimum atomic E-state index is -1.56. The van der Waals surface area contributed by atoms with Gasteiger partial charge in [-0.05, 0) is 40.2 Å². The summed E-state index contributed by atoms with van der Waals surface area (Å²) in [4.78, 5) is 25.1. The first kappa shape index (κ1) is 14.7. The lowest BCUT2D eigenvalue weighted by Crippen LogP contribution is -2.70. The Morgan fingerprint density at radius 2 is 1.62 bits per heavy atom. The number of carbonyl (C=O) groups excluding carboxylic acids is 2. The standard InChI is InChI=1S/C17H22O4/c1-8-6-10-12(16(4,20)13(8)18)11-9(2)7-15(10,3)14(19)17(11,5)21/h6-7,10-12,20-21H,1-5H3/t10-,11+,12+,15-,16-,17-/m0/s1. The first-order valence-electron chi connectivity index (χ1n) is 7.38. The van der Waals surface area contributed by atoms with Crippen LogP contribution < -0.4 is 0 Å². The molecule has 4 rings (SSSR count). The Morgan fingerprint density at radius 1 is 1.05 bits per heavy atom. The van der Waals surface area contributed by atoms with Gasteiger partial charge in [0, 0.05) is 17.8 Å². The smallest absolute Gasteiger partial charge is 0.189 e. The van der Waals surface area contributed by atoms with Crippen molar-refractivity contribution in [3.8, 4) is 0 Å². The first-order chi connectivity index (χ1) is 9.45. The highest BCUT2D eigenvalue weighted by molar-refractivity contribution is 6.04. The molecule has 0 aromatic rings. The fourth-order valence-corrected chi connectivity index (χ4v) is 5.07. The molecule has 0 amide bonds. The van der Waals surface area contributed by atoms with Crippen molar-refractivity contribution >= 4 is 11.6 Å². The van der Waals surface area contributed by atoms with E-state index in [0.29, 0.717) is 5.57 Å². The minimum Gasteiger partial charge on any atom is -0.382 e. The molecule has 0 saturated heterocycles. The van der Waals surface area contributed by atoms with Crippen molar-refractivity contribution < 1.29 is 19.8 Å². The number of ketones is 2. The second-order valence-corrected chi connectivity index (χ2v) is 7.50. The van der Waals surface area contributed by atoms with Crippen molar-refractivity contribution in [1.29, 1.82) is 0 Å². The van der Waals surface area contributed by atoms with Gasteiger partial charge in [-0.3, -0.25) is 9.59 Å². The third-order valence-electron chi connectivity index (χ3n) is 5.91. The van der Waals surface area contributed by atoms with Crippen molar-refractivity contribution in [2.24, 2.45) is 23.2 Å². The lowest BCUT2D eigenvalue weighted by atomic mass is 9.43. The van der Waals surface area contributed by atoms with Crippen LogP contribution in [-0.2, 0) is 9.59 Å². The molecule has 21 heavy (non-hydrogen) atoms. The molecule has 1 saturated carbocycles. The molecular formula is C17H22O4. The second kappa shape index (κ2) is 3.73. The van der Waals surface area contributed by atoms with E-state index in [2.05, 4.69) is 0 Å². The maximum Gasteiger partial charge on any atom is 0.189 e. The number of aliphatic hydroxyl groups is 2. The fourth-order valence-electron chi connectivity index (χ4n) is 5.07. The maximum absolute atomic E-state index is 12.7. The number of allylic oxidation sites excluding steroid dienone is 2. The summed E-state index contributed by atoms with van der Waals surface area (Å²) < 4.78 is 0. The Morgan fingerprint density at radius 3 is 2.19 bits per heavy atom. The van der Waals surface area contributed by atoms with Crippen molar-refractivity contribution in [3.05, 3.63) is 23.3 Å². The van der Waals surface area contributed by atoms with E-state index in [0.717, 1.165) is 5.57 Å². The zero-order valence-electron chi connectivity index (χ0n) is 13.1. The monoisotopic (exact) mass is 290 g/mol. The van der Waals surface area contributed by atoms with Gasteiger partial charge in [-0.25, -0.2) is 0 Å². The second-order valence-electron chi connectivity index (χ2n) is 7.50. The topological polar surface area (TPSA) is 74.6 Å². The highest BCUT2D eigenvalue weighted by Crippen LogP contribution is 2.61. The van der Waals surface area contributed by atoms with E-state index >= 15 is 0 Å². The van der Waals surface area contributed by atoms with Crippen molar-refractivity contribution in [2.45, 2.75) is 45.8 Å². The van der Waals surface area contributed by atoms with E-state index in [1.54, 1.807) is 13.8 Å². The van der Waals surface area contributed by atoms with E-state index in [1.165, 1.54) is 13.8 Å². The van der Waals surface area contributed by atoms with E-state index in [9.17, 15) is 19.8 Å². The van der Waals surface area contributed by atoms with Crippen LogP contribution >= 0.6 is 0 Å². The van der Waals surface area contributed by atoms with E-state index < -0.39 is 28.5 Å². The molecule has 114 valence electrons. The van der Waals surface area contributed by atoms with Crippen LogP contribution in [0.4, 0.5) is 0 Å². The highest BCUT2D eigenvalue weighted by Gasteiger charge is 2.69. The summed E-state index contributed by atoms with van der Waals surface area (Å²) in [7, 11) is 0. The third kappa shape index (κ3) is 1.47. The molecule has 0 aromatic heterocycles. The summed E-state index contributed by atoms with van der Waals surface area (Å²) in [6.45, 7) is 8.37. The van der Waals surface area contributed by atoms with E-state index in [4.69, 9.17) is 0 Å². The van der Waals surface area contributed by atoms with Gasteiger partial charge in [0.25, 0.3) is 0 Å². The Labute approximate surface area is 124 Å². The van der Waals surface area contributed by atoms with Gasteiger partial charge >= 0.3 is 0 Å². The van der Waals surface area contributed by atoms with Crippen molar-refractivity contribution in [1.82, 2.24) is 0 Å². The van der Waals surface area contributed by atoms with Gasteiger partial charge in [0.05, 0.1) is 5.41 Å². The molecule has 2 bridgehead atoms. The van der Waals surface area contributed by atoms with Gasteiger partial charge in [-0.15, -0.1) is 0 Å². The van der Waals surface area contributed by atoms with Crippen LogP contribution in [0.2, 0.25) is 0 Å². The molecular weight excluding hydrogens is 268 g/mol. The Bertz CT molecular complexity index is 623. The van der Waals surface area contributed by atoms with Gasteiger partial charge in [0.15, 0.2) is 11.6 Å². The molecule has 1 fully saturated rings. The predicted molar refractivity (Wildman–Crippen MR) is 77.4 cm³/mol. The zero-order chi connectivity index (χ0) is 16.0. The Hall–Kier alpha value is -1.26. The van der Waals surface area contributed by atoms with Crippen LogP contribution in [0.25, 0.3) is 0 Å². The predicted octanol–water partition coefficient (Wildman–Crippen LogP) is 1.41. The van der Waals surface area contributed by atoms with E-state index in [1.807, 2.05) is 19.1 Å². The normalized spacial score (nSPS) is 52.4. The van der Waals surface area contributed by atoms with Crippen LogP contribution in [0.1, 0.15) is 34.6 Å². The molecule has 0 aromatic carbocycles. The summed E-state index contributed by atoms with van der Waals surface area (Å²) >= 11 is 0. The molecule has 0 spiro atoms. The number of Topliss-reactive ketones (excluding diaryl/α,β-unsaturated/α-hetero) is 2. The van der Waals surface area contributed by atoms with Crippen LogP contribution in [0.5, 0.6) is 0 Å². The average Bonchev–Trinajstić information content (AvgIpc) is 2.35. The number of rotatable bonds is 0. The van der Waals surface area contributed by atoms with Crippen LogP contribution in [0.15, 0.2) is 23.3 Å². The molecule has 0 heterocycles. The molecule has 6 atom stereocenters. The summed E-state index contributed by atoms with van der Waals surface area (Å²) in [5.74, 6) is -1.79. The number of hydrogen-bond donors (Lipinski definition) is 2. The fraction of sp³-hybridized carbons (Fsp3) is 0.647. The maximum atomic E-state index is 12.7. The summed E-state index contributed by atoms with van der Waals surface area (Å²) in [6.07, 6.45) is 3.73. The van der Waals surface area contributed by atoms with Crippen LogP contribution in [0, 0.1) is 23.2 Å². The van der Waals surface area contributed by atoms with Crippen LogP contribution in [0.3, 0.4) is 0 Å². The minimum absolute atomic E-state index is 0.221. The Kier molecular flexibility index (Phi) is 2.61. The number of fused-ring (bicyclic) bond motifs is 1. The molecule has 4 heteroatoms. The molecule has 2 N–H and O–H groups in total.